The van der Waals surface area contributed by atoms with Crippen molar-refractivity contribution in [3.8, 4) is 17.0 Å². The van der Waals surface area contributed by atoms with E-state index in [-0.39, 0.29) is 0 Å². The maximum Gasteiger partial charge on any atom is 0.237 e. The maximum absolute atomic E-state index is 5.55. The van der Waals surface area contributed by atoms with Crippen molar-refractivity contribution in [2.45, 2.75) is 20.3 Å². The van der Waals surface area contributed by atoms with E-state index in [0.717, 1.165) is 35.7 Å². The average molecular weight is 258 g/mol. The molecule has 5 nitrogen and oxygen atoms in total. The highest BCUT2D eigenvalue weighted by Gasteiger charge is 2.04. The van der Waals surface area contributed by atoms with E-state index in [4.69, 9.17) is 10.6 Å². The molecule has 1 aromatic carbocycles. The van der Waals surface area contributed by atoms with Crippen molar-refractivity contribution in [2.75, 3.05) is 12.0 Å². The number of anilines is 1. The van der Waals surface area contributed by atoms with Gasteiger partial charge in [0.05, 0.1) is 12.3 Å². The van der Waals surface area contributed by atoms with Crippen molar-refractivity contribution in [1.29, 1.82) is 0 Å². The second-order valence-corrected chi connectivity index (χ2v) is 4.24. The predicted octanol–water partition coefficient (Wildman–Crippen LogP) is 2.53. The van der Waals surface area contributed by atoms with Crippen molar-refractivity contribution in [2.24, 2.45) is 5.84 Å². The summed E-state index contributed by atoms with van der Waals surface area (Å²) in [6.45, 7) is 4.72. The Labute approximate surface area is 112 Å². The number of aryl methyl sites for hydroxylation is 1. The molecule has 0 unspecified atom stereocenters. The third kappa shape index (κ3) is 3.42. The molecule has 0 fully saturated rings. The highest BCUT2D eigenvalue weighted by atomic mass is 16.5. The zero-order valence-corrected chi connectivity index (χ0v) is 11.2. The Balaban J connectivity index is 2.24. The highest BCUT2D eigenvalue weighted by molar-refractivity contribution is 5.61. The fourth-order valence-electron chi connectivity index (χ4n) is 1.72. The number of nitrogens with zero attached hydrogens (tertiary/aromatic N) is 2. The second-order valence-electron chi connectivity index (χ2n) is 4.24. The van der Waals surface area contributed by atoms with Crippen LogP contribution in [0.4, 0.5) is 5.95 Å². The molecule has 0 aliphatic rings. The number of nitrogens with one attached hydrogen (secondary N) is 1. The highest BCUT2D eigenvalue weighted by Crippen LogP contribution is 2.22. The lowest BCUT2D eigenvalue weighted by Gasteiger charge is -2.07. The van der Waals surface area contributed by atoms with Crippen LogP contribution < -0.4 is 16.0 Å². The van der Waals surface area contributed by atoms with Crippen LogP contribution in [-0.2, 0) is 0 Å². The van der Waals surface area contributed by atoms with Crippen molar-refractivity contribution < 1.29 is 4.74 Å². The molecule has 0 radical (unpaired) electrons. The molecule has 19 heavy (non-hydrogen) atoms. The van der Waals surface area contributed by atoms with Crippen LogP contribution in [0.5, 0.6) is 5.75 Å². The lowest BCUT2D eigenvalue weighted by molar-refractivity contribution is 0.317. The first kappa shape index (κ1) is 13.3. The Morgan fingerprint density at radius 2 is 1.95 bits per heavy atom. The number of nitrogen functional groups attached to an aromatic ring is 1. The van der Waals surface area contributed by atoms with Gasteiger partial charge in [0.1, 0.15) is 5.75 Å². The molecule has 5 heteroatoms. The normalized spacial score (nSPS) is 10.3. The van der Waals surface area contributed by atoms with Crippen LogP contribution in [0.25, 0.3) is 11.3 Å². The van der Waals surface area contributed by atoms with E-state index in [9.17, 15) is 0 Å². The van der Waals surface area contributed by atoms with Gasteiger partial charge in [-0.2, -0.15) is 0 Å². The molecule has 0 saturated carbocycles. The summed E-state index contributed by atoms with van der Waals surface area (Å²) in [7, 11) is 0. The summed E-state index contributed by atoms with van der Waals surface area (Å²) in [6, 6.07) is 9.76. The Morgan fingerprint density at radius 1 is 1.21 bits per heavy atom. The van der Waals surface area contributed by atoms with Gasteiger partial charge < -0.3 is 4.74 Å². The van der Waals surface area contributed by atoms with Crippen LogP contribution in [0.1, 0.15) is 19.0 Å². The van der Waals surface area contributed by atoms with Crippen LogP contribution in [0.2, 0.25) is 0 Å². The molecular weight excluding hydrogens is 240 g/mol. The van der Waals surface area contributed by atoms with Crippen LogP contribution >= 0.6 is 0 Å². The van der Waals surface area contributed by atoms with Gasteiger partial charge in [-0.05, 0) is 43.7 Å². The van der Waals surface area contributed by atoms with Crippen molar-refractivity contribution in [1.82, 2.24) is 9.97 Å². The molecule has 3 N–H and O–H groups in total. The van der Waals surface area contributed by atoms with Crippen molar-refractivity contribution in [3.63, 3.8) is 0 Å². The molecule has 0 spiro atoms. The van der Waals surface area contributed by atoms with E-state index in [2.05, 4.69) is 22.3 Å². The van der Waals surface area contributed by atoms with Crippen LogP contribution in [0, 0.1) is 6.92 Å². The van der Waals surface area contributed by atoms with E-state index >= 15 is 0 Å². The van der Waals surface area contributed by atoms with Gasteiger partial charge in [-0.3, -0.25) is 5.43 Å². The number of aromatic nitrogens is 2. The largest absolute Gasteiger partial charge is 0.494 e. The third-order valence-corrected chi connectivity index (χ3v) is 2.61. The number of hydrogen-bond acceptors (Lipinski definition) is 5. The minimum Gasteiger partial charge on any atom is -0.494 e. The summed E-state index contributed by atoms with van der Waals surface area (Å²) in [4.78, 5) is 8.49. The summed E-state index contributed by atoms with van der Waals surface area (Å²) < 4.78 is 5.55. The summed E-state index contributed by atoms with van der Waals surface area (Å²) in [5.41, 5.74) is 5.18. The minimum atomic E-state index is 0.418. The smallest absolute Gasteiger partial charge is 0.237 e. The van der Waals surface area contributed by atoms with E-state index < -0.39 is 0 Å². The summed E-state index contributed by atoms with van der Waals surface area (Å²) in [5.74, 6) is 6.64. The average Bonchev–Trinajstić information content (AvgIpc) is 2.45. The Hall–Kier alpha value is -2.14. The summed E-state index contributed by atoms with van der Waals surface area (Å²) in [6.07, 6.45) is 0.998. The molecule has 100 valence electrons. The SMILES string of the molecule is CCCOc1ccc(-c2cc(C)nc(NN)n2)cc1. The molecule has 0 saturated heterocycles. The van der Waals surface area contributed by atoms with Gasteiger partial charge in [0.2, 0.25) is 5.95 Å². The zero-order chi connectivity index (χ0) is 13.7. The fourth-order valence-corrected chi connectivity index (χ4v) is 1.72. The Kier molecular flexibility index (Phi) is 4.30. The molecular formula is C14H18N4O. The number of rotatable bonds is 5. The predicted molar refractivity (Wildman–Crippen MR) is 75.8 cm³/mol. The number of nitrogens with two attached hydrogens (primary N) is 1. The molecule has 0 aliphatic carbocycles. The lowest BCUT2D eigenvalue weighted by Crippen LogP contribution is -2.11. The summed E-state index contributed by atoms with van der Waals surface area (Å²) in [5, 5.41) is 0. The van der Waals surface area contributed by atoms with E-state index in [0.29, 0.717) is 5.95 Å². The molecule has 0 atom stereocenters. The van der Waals surface area contributed by atoms with E-state index in [1.807, 2.05) is 37.3 Å². The Morgan fingerprint density at radius 3 is 2.58 bits per heavy atom. The summed E-state index contributed by atoms with van der Waals surface area (Å²) >= 11 is 0. The molecule has 2 rings (SSSR count). The molecule has 0 amide bonds. The molecule has 2 aromatic rings. The van der Waals surface area contributed by atoms with Crippen LogP contribution in [0.15, 0.2) is 30.3 Å². The number of benzene rings is 1. The number of hydrogen-bond donors (Lipinski definition) is 2. The quantitative estimate of drug-likeness (QED) is 0.637. The second kappa shape index (κ2) is 6.15. The van der Waals surface area contributed by atoms with Crippen molar-refractivity contribution in [3.05, 3.63) is 36.0 Å². The molecule has 1 heterocycles. The van der Waals surface area contributed by atoms with Gasteiger partial charge in [0.15, 0.2) is 0 Å². The zero-order valence-electron chi connectivity index (χ0n) is 11.2. The van der Waals surface area contributed by atoms with Gasteiger partial charge in [-0.25, -0.2) is 15.8 Å². The van der Waals surface area contributed by atoms with Gasteiger partial charge in [0.25, 0.3) is 0 Å². The molecule has 1 aromatic heterocycles. The van der Waals surface area contributed by atoms with Gasteiger partial charge in [-0.1, -0.05) is 6.92 Å². The maximum atomic E-state index is 5.55. The first-order valence-corrected chi connectivity index (χ1v) is 6.28. The van der Waals surface area contributed by atoms with Crippen LogP contribution in [-0.4, -0.2) is 16.6 Å². The van der Waals surface area contributed by atoms with Gasteiger partial charge in [0, 0.05) is 11.3 Å². The molecule has 0 aliphatic heterocycles. The standard InChI is InChI=1S/C14H18N4O/c1-3-8-19-12-6-4-11(5-7-12)13-9-10(2)16-14(17-13)18-15/h4-7,9H,3,8,15H2,1-2H3,(H,16,17,18). The fraction of sp³-hybridized carbons (Fsp3) is 0.286. The monoisotopic (exact) mass is 258 g/mol. The van der Waals surface area contributed by atoms with E-state index in [1.165, 1.54) is 0 Å². The molecule has 0 bridgehead atoms. The third-order valence-electron chi connectivity index (χ3n) is 2.61. The number of hydrazine groups is 1. The lowest BCUT2D eigenvalue weighted by atomic mass is 10.1. The van der Waals surface area contributed by atoms with Crippen molar-refractivity contribution >= 4 is 5.95 Å². The van der Waals surface area contributed by atoms with E-state index in [1.54, 1.807) is 0 Å². The van der Waals surface area contributed by atoms with Crippen LogP contribution in [0.3, 0.4) is 0 Å². The first-order chi connectivity index (χ1) is 9.22. The minimum absolute atomic E-state index is 0.418. The first-order valence-electron chi connectivity index (χ1n) is 6.28. The Bertz CT molecular complexity index is 540. The van der Waals surface area contributed by atoms with Gasteiger partial charge >= 0.3 is 0 Å². The topological polar surface area (TPSA) is 73.1 Å². The van der Waals surface area contributed by atoms with Gasteiger partial charge in [-0.15, -0.1) is 0 Å². The number of ether oxygens (including phenoxy) is 1.